The van der Waals surface area contributed by atoms with E-state index in [2.05, 4.69) is 30.5 Å². The Kier molecular flexibility index (Phi) is 3.46. The molecule has 8 nitrogen and oxygen atoms in total. The molecule has 0 aliphatic rings. The quantitative estimate of drug-likeness (QED) is 0.732. The fraction of sp³-hybridized carbons (Fsp3) is 0.250. The second-order valence-electron chi connectivity index (χ2n) is 4.25. The smallest absolute Gasteiger partial charge is 0.116 e. The van der Waals surface area contributed by atoms with Crippen LogP contribution in [0.1, 0.15) is 11.4 Å². The lowest BCUT2D eigenvalue weighted by Gasteiger charge is -1.95. The minimum absolute atomic E-state index is 0.487. The van der Waals surface area contributed by atoms with Crippen molar-refractivity contribution in [2.45, 2.75) is 13.2 Å². The van der Waals surface area contributed by atoms with Gasteiger partial charge in [-0.05, 0) is 6.07 Å². The van der Waals surface area contributed by atoms with Gasteiger partial charge in [-0.15, -0.1) is 5.10 Å². The molecule has 1 N–H and O–H groups in total. The molecule has 0 spiro atoms. The fourth-order valence-corrected chi connectivity index (χ4v) is 1.83. The number of aromatic amines is 1. The van der Waals surface area contributed by atoms with Crippen molar-refractivity contribution in [2.75, 3.05) is 7.11 Å². The van der Waals surface area contributed by atoms with Crippen molar-refractivity contribution in [3.63, 3.8) is 0 Å². The summed E-state index contributed by atoms with van der Waals surface area (Å²) in [6.07, 6.45) is 6.73. The molecule has 20 heavy (non-hydrogen) atoms. The molecule has 0 aliphatic heterocycles. The van der Waals surface area contributed by atoms with Gasteiger partial charge in [-0.3, -0.25) is 5.10 Å². The van der Waals surface area contributed by atoms with Crippen LogP contribution >= 0.6 is 0 Å². The van der Waals surface area contributed by atoms with E-state index in [4.69, 9.17) is 4.74 Å². The van der Waals surface area contributed by atoms with Crippen LogP contribution in [-0.4, -0.2) is 42.3 Å². The van der Waals surface area contributed by atoms with Gasteiger partial charge in [0.2, 0.25) is 0 Å². The first kappa shape index (κ1) is 12.4. The average molecular weight is 271 g/mol. The number of ether oxygens (including phenoxy) is 1. The maximum atomic E-state index is 5.02. The summed E-state index contributed by atoms with van der Waals surface area (Å²) in [7, 11) is 1.64. The first-order chi connectivity index (χ1) is 9.85. The summed E-state index contributed by atoms with van der Waals surface area (Å²) in [6, 6.07) is 1.94. The largest absolute Gasteiger partial charge is 0.378 e. The Bertz CT molecular complexity index is 676. The van der Waals surface area contributed by atoms with Crippen molar-refractivity contribution in [1.82, 2.24) is 35.2 Å². The van der Waals surface area contributed by atoms with E-state index in [0.29, 0.717) is 13.2 Å². The molecule has 0 amide bonds. The molecule has 0 aromatic carbocycles. The predicted octanol–water partition coefficient (Wildman–Crippen LogP) is 0.653. The van der Waals surface area contributed by atoms with Crippen LogP contribution < -0.4 is 0 Å². The van der Waals surface area contributed by atoms with Crippen LogP contribution in [0.3, 0.4) is 0 Å². The van der Waals surface area contributed by atoms with Gasteiger partial charge in [0.15, 0.2) is 0 Å². The molecule has 0 radical (unpaired) electrons. The van der Waals surface area contributed by atoms with Gasteiger partial charge < -0.3 is 4.74 Å². The van der Waals surface area contributed by atoms with Crippen molar-refractivity contribution in [1.29, 1.82) is 0 Å². The van der Waals surface area contributed by atoms with E-state index in [1.165, 1.54) is 6.33 Å². The van der Waals surface area contributed by atoms with Gasteiger partial charge in [-0.1, -0.05) is 5.21 Å². The van der Waals surface area contributed by atoms with Gasteiger partial charge in [-0.25, -0.2) is 14.6 Å². The van der Waals surface area contributed by atoms with Gasteiger partial charge in [0.1, 0.15) is 12.0 Å². The molecule has 0 fully saturated rings. The van der Waals surface area contributed by atoms with E-state index in [1.807, 2.05) is 12.3 Å². The van der Waals surface area contributed by atoms with Crippen LogP contribution in [0.25, 0.3) is 11.3 Å². The van der Waals surface area contributed by atoms with Crippen LogP contribution in [-0.2, 0) is 17.9 Å². The van der Waals surface area contributed by atoms with E-state index in [0.717, 1.165) is 22.6 Å². The molecule has 3 rings (SSSR count). The molecule has 0 bridgehead atoms. The van der Waals surface area contributed by atoms with Gasteiger partial charge in [0, 0.05) is 25.1 Å². The summed E-state index contributed by atoms with van der Waals surface area (Å²) in [5, 5.41) is 15.3. The van der Waals surface area contributed by atoms with E-state index < -0.39 is 0 Å². The lowest BCUT2D eigenvalue weighted by Crippen LogP contribution is -2.00. The minimum atomic E-state index is 0.487. The average Bonchev–Trinajstić information content (AvgIpc) is 3.11. The monoisotopic (exact) mass is 271 g/mol. The molecule has 102 valence electrons. The van der Waals surface area contributed by atoms with Crippen molar-refractivity contribution >= 4 is 0 Å². The highest BCUT2D eigenvalue weighted by atomic mass is 16.5. The molecule has 3 aromatic heterocycles. The zero-order chi connectivity index (χ0) is 13.8. The maximum absolute atomic E-state index is 5.02. The fourth-order valence-electron chi connectivity index (χ4n) is 1.83. The second kappa shape index (κ2) is 5.57. The molecule has 0 saturated carbocycles. The Hall–Kier alpha value is -2.61. The number of rotatable bonds is 5. The lowest BCUT2D eigenvalue weighted by molar-refractivity contribution is 0.181. The Morgan fingerprint density at radius 3 is 2.95 bits per heavy atom. The Labute approximate surface area is 114 Å². The number of nitrogens with one attached hydrogen (secondary N) is 1. The van der Waals surface area contributed by atoms with E-state index in [9.17, 15) is 0 Å². The zero-order valence-electron chi connectivity index (χ0n) is 10.9. The summed E-state index contributed by atoms with van der Waals surface area (Å²) in [4.78, 5) is 7.92. The van der Waals surface area contributed by atoms with Gasteiger partial charge in [0.05, 0.1) is 30.7 Å². The Balaban J connectivity index is 1.73. The molecule has 0 saturated heterocycles. The highest BCUT2D eigenvalue weighted by Crippen LogP contribution is 2.13. The molecule has 3 heterocycles. The van der Waals surface area contributed by atoms with E-state index in [-0.39, 0.29) is 0 Å². The molecule has 0 atom stereocenters. The minimum Gasteiger partial charge on any atom is -0.378 e. The SMILES string of the molecule is COCc1cc(Cn2cc(-c3cncnc3)nn2)[nH]n1. The standard InChI is InChI=1S/C12H13N7O/c1-20-7-11-2-10(15-16-11)5-19-6-12(17-18-19)9-3-13-8-14-4-9/h2-4,6,8H,5,7H2,1H3,(H,15,16). The normalized spacial score (nSPS) is 10.8. The van der Waals surface area contributed by atoms with E-state index in [1.54, 1.807) is 24.2 Å². The third-order valence-corrected chi connectivity index (χ3v) is 2.70. The number of methoxy groups -OCH3 is 1. The number of hydrogen-bond acceptors (Lipinski definition) is 6. The van der Waals surface area contributed by atoms with Crippen molar-refractivity contribution in [3.8, 4) is 11.3 Å². The number of hydrogen-bond donors (Lipinski definition) is 1. The Morgan fingerprint density at radius 1 is 1.30 bits per heavy atom. The third-order valence-electron chi connectivity index (χ3n) is 2.70. The lowest BCUT2D eigenvalue weighted by atomic mass is 10.3. The summed E-state index contributed by atoms with van der Waals surface area (Å²) in [5.74, 6) is 0. The van der Waals surface area contributed by atoms with Gasteiger partial charge in [-0.2, -0.15) is 5.10 Å². The summed E-state index contributed by atoms with van der Waals surface area (Å²) >= 11 is 0. The number of aromatic nitrogens is 7. The van der Waals surface area contributed by atoms with Crippen molar-refractivity contribution < 1.29 is 4.74 Å². The predicted molar refractivity (Wildman–Crippen MR) is 69.5 cm³/mol. The number of H-pyrrole nitrogens is 1. The summed E-state index contributed by atoms with van der Waals surface area (Å²) in [5.41, 5.74) is 3.38. The molecule has 0 unspecified atom stereocenters. The summed E-state index contributed by atoms with van der Waals surface area (Å²) < 4.78 is 6.75. The Morgan fingerprint density at radius 2 is 2.15 bits per heavy atom. The first-order valence-corrected chi connectivity index (χ1v) is 6.03. The van der Waals surface area contributed by atoms with Crippen molar-refractivity contribution in [2.24, 2.45) is 0 Å². The summed E-state index contributed by atoms with van der Waals surface area (Å²) in [6.45, 7) is 1.05. The van der Waals surface area contributed by atoms with Crippen LogP contribution in [0, 0.1) is 0 Å². The third kappa shape index (κ3) is 2.69. The van der Waals surface area contributed by atoms with E-state index >= 15 is 0 Å². The molecule has 3 aromatic rings. The van der Waals surface area contributed by atoms with Crippen LogP contribution in [0.2, 0.25) is 0 Å². The van der Waals surface area contributed by atoms with Crippen LogP contribution in [0.15, 0.2) is 31.0 Å². The first-order valence-electron chi connectivity index (χ1n) is 6.03. The van der Waals surface area contributed by atoms with Crippen molar-refractivity contribution in [3.05, 3.63) is 42.4 Å². The number of nitrogens with zero attached hydrogens (tertiary/aromatic N) is 6. The zero-order valence-corrected chi connectivity index (χ0v) is 10.9. The topological polar surface area (TPSA) is 94.4 Å². The molecular formula is C12H13N7O. The highest BCUT2D eigenvalue weighted by Gasteiger charge is 2.06. The van der Waals surface area contributed by atoms with Gasteiger partial charge >= 0.3 is 0 Å². The molecule has 8 heteroatoms. The van der Waals surface area contributed by atoms with Crippen LogP contribution in [0.4, 0.5) is 0 Å². The highest BCUT2D eigenvalue weighted by molar-refractivity contribution is 5.54. The maximum Gasteiger partial charge on any atom is 0.116 e. The second-order valence-corrected chi connectivity index (χ2v) is 4.25. The molecular weight excluding hydrogens is 258 g/mol. The van der Waals surface area contributed by atoms with Crippen LogP contribution in [0.5, 0.6) is 0 Å². The van der Waals surface area contributed by atoms with Gasteiger partial charge in [0.25, 0.3) is 0 Å². The molecule has 0 aliphatic carbocycles.